The van der Waals surface area contributed by atoms with Crippen LogP contribution in [0, 0.1) is 0 Å². The van der Waals surface area contributed by atoms with Crippen LogP contribution in [0.2, 0.25) is 0 Å². The van der Waals surface area contributed by atoms with Gasteiger partial charge in [-0.25, -0.2) is 0 Å². The van der Waals surface area contributed by atoms with Crippen molar-refractivity contribution in [1.82, 2.24) is 0 Å². The van der Waals surface area contributed by atoms with Gasteiger partial charge < -0.3 is 0 Å². The third kappa shape index (κ3) is 6.09. The molecule has 70 heavy (non-hydrogen) atoms. The lowest BCUT2D eigenvalue weighted by atomic mass is 9.80. The Kier molecular flexibility index (Phi) is 8.95. The summed E-state index contributed by atoms with van der Waals surface area (Å²) in [4.78, 5) is 0. The minimum atomic E-state index is 0.0239. The predicted octanol–water partition coefficient (Wildman–Crippen LogP) is 20.0. The summed E-state index contributed by atoms with van der Waals surface area (Å²) < 4.78 is 0. The maximum absolute atomic E-state index is 2.44. The van der Waals surface area contributed by atoms with E-state index in [1.807, 2.05) is 0 Å². The van der Waals surface area contributed by atoms with Gasteiger partial charge in [-0.2, -0.15) is 0 Å². The topological polar surface area (TPSA) is 0 Å². The van der Waals surface area contributed by atoms with Crippen LogP contribution in [0.15, 0.2) is 237 Å². The zero-order chi connectivity index (χ0) is 46.7. The van der Waals surface area contributed by atoms with Gasteiger partial charge >= 0.3 is 0 Å². The maximum Gasteiger partial charge on any atom is -0.00201 e. The van der Waals surface area contributed by atoms with Crippen molar-refractivity contribution in [3.63, 3.8) is 0 Å². The quantitative estimate of drug-likeness (QED) is 0.122. The van der Waals surface area contributed by atoms with Crippen molar-refractivity contribution in [3.8, 4) is 44.5 Å². The molecule has 0 atom stereocenters. The number of rotatable bonds is 4. The van der Waals surface area contributed by atoms with Gasteiger partial charge in [0.25, 0.3) is 0 Å². The molecule has 0 aliphatic heterocycles. The molecule has 0 heterocycles. The van der Waals surface area contributed by atoms with Gasteiger partial charge in [0.05, 0.1) is 0 Å². The summed E-state index contributed by atoms with van der Waals surface area (Å²) >= 11 is 0. The van der Waals surface area contributed by atoms with Crippen molar-refractivity contribution in [1.29, 1.82) is 0 Å². The predicted molar refractivity (Wildman–Crippen MR) is 304 cm³/mol. The fourth-order valence-electron chi connectivity index (χ4n) is 12.3. The van der Waals surface area contributed by atoms with E-state index in [4.69, 9.17) is 0 Å². The molecule has 0 N–H and O–H groups in total. The van der Waals surface area contributed by atoms with E-state index in [9.17, 15) is 0 Å². The van der Waals surface area contributed by atoms with Crippen molar-refractivity contribution in [3.05, 3.63) is 242 Å². The van der Waals surface area contributed by atoms with Crippen molar-refractivity contribution >= 4 is 97.0 Å². The summed E-state index contributed by atoms with van der Waals surface area (Å²) in [5.41, 5.74) is 11.5. The summed E-state index contributed by atoms with van der Waals surface area (Å²) in [5.74, 6) is 0. The molecule has 0 aliphatic carbocycles. The molecular weight excluding hydrogens is 841 g/mol. The first-order chi connectivity index (χ1) is 34.4. The summed E-state index contributed by atoms with van der Waals surface area (Å²) in [6.45, 7) is 6.95. The Morgan fingerprint density at radius 2 is 0.529 bits per heavy atom. The Balaban J connectivity index is 0.967. The Labute approximate surface area is 407 Å². The van der Waals surface area contributed by atoms with Crippen LogP contribution in [0.25, 0.3) is 141 Å². The fourth-order valence-corrected chi connectivity index (χ4v) is 12.3. The van der Waals surface area contributed by atoms with Crippen molar-refractivity contribution in [2.45, 2.75) is 26.2 Å². The van der Waals surface area contributed by atoms with Gasteiger partial charge in [0.2, 0.25) is 0 Å². The molecule has 0 saturated heterocycles. The zero-order valence-electron chi connectivity index (χ0n) is 39.5. The van der Waals surface area contributed by atoms with Gasteiger partial charge in [0.1, 0.15) is 0 Å². The highest BCUT2D eigenvalue weighted by Gasteiger charge is 2.23. The van der Waals surface area contributed by atoms with Crippen LogP contribution in [0.5, 0.6) is 0 Å². The fraction of sp³-hybridized carbons (Fsp3) is 0.0571. The van der Waals surface area contributed by atoms with Gasteiger partial charge in [-0.3, -0.25) is 0 Å². The highest BCUT2D eigenvalue weighted by atomic mass is 14.3. The van der Waals surface area contributed by atoms with Crippen LogP contribution in [0.4, 0.5) is 0 Å². The second-order valence-electron chi connectivity index (χ2n) is 20.3. The molecule has 14 aromatic carbocycles. The van der Waals surface area contributed by atoms with Gasteiger partial charge in [0, 0.05) is 0 Å². The molecule has 0 heteroatoms. The molecule has 0 fully saturated rings. The lowest BCUT2D eigenvalue weighted by molar-refractivity contribution is 0.596. The normalized spacial score (nSPS) is 12.2. The average molecular weight is 889 g/mol. The van der Waals surface area contributed by atoms with E-state index >= 15 is 0 Å². The Morgan fingerprint density at radius 3 is 0.943 bits per heavy atom. The van der Waals surface area contributed by atoms with Gasteiger partial charge in [-0.1, -0.05) is 239 Å². The summed E-state index contributed by atoms with van der Waals surface area (Å²) in [6, 6.07) is 89.0. The molecule has 0 radical (unpaired) electrons. The molecule has 0 spiro atoms. The minimum Gasteiger partial charge on any atom is -0.0616 e. The molecule has 0 aliphatic rings. The lowest BCUT2D eigenvalue weighted by Gasteiger charge is -2.24. The van der Waals surface area contributed by atoms with Gasteiger partial charge in [-0.05, 0) is 171 Å². The first-order valence-electron chi connectivity index (χ1n) is 24.7. The van der Waals surface area contributed by atoms with Crippen LogP contribution in [0.3, 0.4) is 0 Å². The van der Waals surface area contributed by atoms with Crippen LogP contribution in [-0.2, 0) is 5.41 Å². The Morgan fingerprint density at radius 1 is 0.214 bits per heavy atom. The number of hydrogen-bond acceptors (Lipinski definition) is 0. The Hall–Kier alpha value is -8.58. The van der Waals surface area contributed by atoms with Crippen LogP contribution in [-0.4, -0.2) is 0 Å². The van der Waals surface area contributed by atoms with Crippen LogP contribution >= 0.6 is 0 Å². The van der Waals surface area contributed by atoms with Crippen LogP contribution < -0.4 is 0 Å². The smallest absolute Gasteiger partial charge is 0.00201 e. The van der Waals surface area contributed by atoms with E-state index in [0.29, 0.717) is 0 Å². The number of benzene rings is 14. The van der Waals surface area contributed by atoms with Gasteiger partial charge in [0.15, 0.2) is 0 Å². The monoisotopic (exact) mass is 888 g/mol. The minimum absolute atomic E-state index is 0.0239. The first-order valence-corrected chi connectivity index (χ1v) is 24.7. The molecule has 0 amide bonds. The standard InChI is InChI=1S/C70H48/c1-70(2,3)65-39-38-63(52-22-8-9-23-54(52)65)69-61-30-16-14-28-59(61)67(60-29-15-17-31-62(60)69)45-35-33-43-32-34-44(40-47(43)41-45)66-55-24-10-12-26-57(55)68(58-27-13-11-25-56(58)66)46-36-37-53-50-20-5-4-18-48(50)49-19-6-7-21-51(49)64(53)42-46/h4-42H,1-3H3. The van der Waals surface area contributed by atoms with E-state index in [1.54, 1.807) is 0 Å². The molecule has 14 aromatic rings. The highest BCUT2D eigenvalue weighted by Crippen LogP contribution is 2.49. The third-order valence-electron chi connectivity index (χ3n) is 15.3. The molecule has 328 valence electrons. The Bertz CT molecular complexity index is 4350. The number of fused-ring (bicyclic) bond motifs is 12. The average Bonchev–Trinajstić information content (AvgIpc) is 3.40. The van der Waals surface area contributed by atoms with E-state index in [1.165, 1.54) is 147 Å². The summed E-state index contributed by atoms with van der Waals surface area (Å²) in [5, 5.41) is 22.9. The molecule has 0 bridgehead atoms. The molecule has 0 aromatic heterocycles. The zero-order valence-corrected chi connectivity index (χ0v) is 39.5. The molecule has 0 unspecified atom stereocenters. The lowest BCUT2D eigenvalue weighted by Crippen LogP contribution is -2.11. The van der Waals surface area contributed by atoms with Crippen LogP contribution in [0.1, 0.15) is 26.3 Å². The van der Waals surface area contributed by atoms with Crippen molar-refractivity contribution < 1.29 is 0 Å². The number of hydrogen-bond donors (Lipinski definition) is 0. The maximum atomic E-state index is 2.44. The SMILES string of the molecule is CC(C)(C)c1ccc(-c2c3ccccc3c(-c3ccc4ccc(-c5c6ccccc6c(-c6ccc7c8ccccc8c8ccccc8c7c6)c6ccccc56)cc4c3)c3ccccc23)c2ccccc12. The van der Waals surface area contributed by atoms with E-state index in [-0.39, 0.29) is 5.41 Å². The molecular formula is C70H48. The van der Waals surface area contributed by atoms with Gasteiger partial charge in [-0.15, -0.1) is 0 Å². The second kappa shape index (κ2) is 15.5. The van der Waals surface area contributed by atoms with Crippen molar-refractivity contribution in [2.24, 2.45) is 0 Å². The highest BCUT2D eigenvalue weighted by molar-refractivity contribution is 6.28. The van der Waals surface area contributed by atoms with E-state index in [0.717, 1.165) is 0 Å². The van der Waals surface area contributed by atoms with E-state index in [2.05, 4.69) is 257 Å². The summed E-state index contributed by atoms with van der Waals surface area (Å²) in [7, 11) is 0. The van der Waals surface area contributed by atoms with Crippen molar-refractivity contribution in [2.75, 3.05) is 0 Å². The molecule has 0 saturated carbocycles. The second-order valence-corrected chi connectivity index (χ2v) is 20.3. The molecule has 0 nitrogen and oxygen atoms in total. The van der Waals surface area contributed by atoms with E-state index < -0.39 is 0 Å². The summed E-state index contributed by atoms with van der Waals surface area (Å²) in [6.07, 6.45) is 0. The largest absolute Gasteiger partial charge is 0.0616 e. The third-order valence-corrected chi connectivity index (χ3v) is 15.3. The molecule has 14 rings (SSSR count). The first kappa shape index (κ1) is 40.5.